The van der Waals surface area contributed by atoms with Crippen LogP contribution in [0.1, 0.15) is 11.1 Å². The number of carbonyl (C=O) groups excluding carboxylic acids is 1. The van der Waals surface area contributed by atoms with Gasteiger partial charge in [-0.3, -0.25) is 0 Å². The lowest BCUT2D eigenvalue weighted by atomic mass is 10.1. The molecule has 0 unspecified atom stereocenters. The van der Waals surface area contributed by atoms with E-state index >= 15 is 0 Å². The summed E-state index contributed by atoms with van der Waals surface area (Å²) in [4.78, 5) is 8.35. The molecule has 92 valence electrons. The summed E-state index contributed by atoms with van der Waals surface area (Å²) in [6, 6.07) is 14.3. The topological polar surface area (TPSA) is 81.4 Å². The maximum Gasteiger partial charge on any atom is 0.231 e. The first-order chi connectivity index (χ1) is 8.65. The summed E-state index contributed by atoms with van der Waals surface area (Å²) in [5, 5.41) is 23.7. The van der Waals surface area contributed by atoms with E-state index < -0.39 is 0 Å². The Labute approximate surface area is 105 Å². The highest BCUT2D eigenvalue weighted by Crippen LogP contribution is 2.15. The zero-order chi connectivity index (χ0) is 13.4. The SMILES string of the molecule is N=C=O.Oc1ccc(Cc2ccc(O)cc2)cc1. The van der Waals surface area contributed by atoms with Crippen LogP contribution in [0.5, 0.6) is 11.5 Å². The summed E-state index contributed by atoms with van der Waals surface area (Å²) in [6.45, 7) is 0. The van der Waals surface area contributed by atoms with Crippen LogP contribution in [0, 0.1) is 5.41 Å². The highest BCUT2D eigenvalue weighted by molar-refractivity contribution is 5.33. The molecule has 0 aliphatic rings. The van der Waals surface area contributed by atoms with Crippen molar-refractivity contribution in [2.45, 2.75) is 6.42 Å². The number of hydrogen-bond donors (Lipinski definition) is 3. The lowest BCUT2D eigenvalue weighted by Crippen LogP contribution is -1.86. The molecule has 0 saturated heterocycles. The van der Waals surface area contributed by atoms with Gasteiger partial charge in [-0.2, -0.15) is 0 Å². The molecule has 3 N–H and O–H groups in total. The van der Waals surface area contributed by atoms with Gasteiger partial charge >= 0.3 is 0 Å². The molecule has 2 aromatic rings. The van der Waals surface area contributed by atoms with Crippen molar-refractivity contribution in [1.29, 1.82) is 5.41 Å². The van der Waals surface area contributed by atoms with Gasteiger partial charge in [-0.25, -0.2) is 10.2 Å². The van der Waals surface area contributed by atoms with Crippen LogP contribution in [0.4, 0.5) is 0 Å². The number of phenols is 2. The van der Waals surface area contributed by atoms with E-state index in [1.807, 2.05) is 24.3 Å². The van der Waals surface area contributed by atoms with E-state index in [9.17, 15) is 0 Å². The Morgan fingerprint density at radius 3 is 1.39 bits per heavy atom. The molecule has 0 radical (unpaired) electrons. The highest BCUT2D eigenvalue weighted by Gasteiger charge is 1.96. The maximum atomic E-state index is 9.13. The van der Waals surface area contributed by atoms with Gasteiger partial charge in [-0.05, 0) is 41.8 Å². The molecule has 4 heteroatoms. The molecular weight excluding hydrogens is 230 g/mol. The van der Waals surface area contributed by atoms with E-state index in [0.717, 1.165) is 23.6 Å². The molecular formula is C14H13NO3. The fourth-order valence-electron chi connectivity index (χ4n) is 1.46. The Morgan fingerprint density at radius 2 is 1.11 bits per heavy atom. The molecule has 0 heterocycles. The van der Waals surface area contributed by atoms with Crippen molar-refractivity contribution < 1.29 is 15.0 Å². The third kappa shape index (κ3) is 4.51. The van der Waals surface area contributed by atoms with Crippen molar-refractivity contribution >= 4 is 6.08 Å². The number of rotatable bonds is 2. The Kier molecular flexibility index (Phi) is 5.16. The molecule has 18 heavy (non-hydrogen) atoms. The third-order valence-electron chi connectivity index (χ3n) is 2.28. The Bertz CT molecular complexity index is 468. The zero-order valence-electron chi connectivity index (χ0n) is 9.63. The van der Waals surface area contributed by atoms with Gasteiger partial charge in [0, 0.05) is 0 Å². The van der Waals surface area contributed by atoms with Crippen LogP contribution >= 0.6 is 0 Å². The fourth-order valence-corrected chi connectivity index (χ4v) is 1.46. The fraction of sp³-hybridized carbons (Fsp3) is 0.0714. The second-order valence-corrected chi connectivity index (χ2v) is 3.61. The lowest BCUT2D eigenvalue weighted by Gasteiger charge is -2.02. The summed E-state index contributed by atoms with van der Waals surface area (Å²) in [5.74, 6) is 0.564. The summed E-state index contributed by atoms with van der Waals surface area (Å²) in [7, 11) is 0. The molecule has 0 atom stereocenters. The van der Waals surface area contributed by atoms with Crippen LogP contribution in [0.3, 0.4) is 0 Å². The maximum absolute atomic E-state index is 9.13. The Morgan fingerprint density at radius 1 is 0.833 bits per heavy atom. The van der Waals surface area contributed by atoms with Crippen LogP contribution in [0.15, 0.2) is 48.5 Å². The highest BCUT2D eigenvalue weighted by atomic mass is 16.3. The predicted octanol–water partition coefficient (Wildman–Crippen LogP) is 2.59. The number of phenolic OH excluding ortho intramolecular Hbond substituents is 2. The molecule has 2 aromatic carbocycles. The largest absolute Gasteiger partial charge is 0.508 e. The first-order valence-corrected chi connectivity index (χ1v) is 5.25. The van der Waals surface area contributed by atoms with E-state index in [2.05, 4.69) is 0 Å². The van der Waals surface area contributed by atoms with Gasteiger partial charge in [0.1, 0.15) is 11.5 Å². The van der Waals surface area contributed by atoms with Crippen LogP contribution in [-0.4, -0.2) is 16.3 Å². The molecule has 2 rings (SSSR count). The van der Waals surface area contributed by atoms with Crippen molar-refractivity contribution in [3.63, 3.8) is 0 Å². The van der Waals surface area contributed by atoms with Gasteiger partial charge < -0.3 is 10.2 Å². The average Bonchev–Trinajstić information content (AvgIpc) is 2.36. The number of benzene rings is 2. The zero-order valence-corrected chi connectivity index (χ0v) is 9.63. The molecule has 0 spiro atoms. The minimum Gasteiger partial charge on any atom is -0.508 e. The van der Waals surface area contributed by atoms with Crippen molar-refractivity contribution in [3.05, 3.63) is 59.7 Å². The van der Waals surface area contributed by atoms with Crippen molar-refractivity contribution in [1.82, 2.24) is 0 Å². The number of isocyanates is 1. The van der Waals surface area contributed by atoms with Crippen LogP contribution < -0.4 is 0 Å². The summed E-state index contributed by atoms with van der Waals surface area (Å²) < 4.78 is 0. The van der Waals surface area contributed by atoms with E-state index in [4.69, 9.17) is 20.4 Å². The van der Waals surface area contributed by atoms with Gasteiger partial charge in [-0.15, -0.1) is 0 Å². The molecule has 0 aliphatic heterocycles. The predicted molar refractivity (Wildman–Crippen MR) is 67.4 cm³/mol. The van der Waals surface area contributed by atoms with Gasteiger partial charge in [0.15, 0.2) is 0 Å². The summed E-state index contributed by atoms with van der Waals surface area (Å²) in [6.07, 6.45) is 1.56. The van der Waals surface area contributed by atoms with Gasteiger partial charge in [0.25, 0.3) is 0 Å². The van der Waals surface area contributed by atoms with Gasteiger partial charge in [-0.1, -0.05) is 24.3 Å². The molecule has 4 nitrogen and oxygen atoms in total. The average molecular weight is 243 g/mol. The van der Waals surface area contributed by atoms with Crippen LogP contribution in [-0.2, 0) is 11.2 Å². The van der Waals surface area contributed by atoms with E-state index in [1.165, 1.54) is 0 Å². The number of hydrogen-bond acceptors (Lipinski definition) is 4. The van der Waals surface area contributed by atoms with E-state index in [0.29, 0.717) is 0 Å². The first kappa shape index (κ1) is 13.5. The number of nitrogens with one attached hydrogen (secondary N) is 1. The van der Waals surface area contributed by atoms with Gasteiger partial charge in [0.05, 0.1) is 0 Å². The normalized spacial score (nSPS) is 8.89. The van der Waals surface area contributed by atoms with Crippen molar-refractivity contribution in [3.8, 4) is 11.5 Å². The smallest absolute Gasteiger partial charge is 0.231 e. The minimum absolute atomic E-state index is 0.282. The summed E-state index contributed by atoms with van der Waals surface area (Å²) in [5.41, 5.74) is 2.27. The van der Waals surface area contributed by atoms with Crippen LogP contribution in [0.25, 0.3) is 0 Å². The Hall–Kier alpha value is -2.58. The molecule has 0 aromatic heterocycles. The van der Waals surface area contributed by atoms with E-state index in [-0.39, 0.29) is 11.5 Å². The van der Waals surface area contributed by atoms with Crippen molar-refractivity contribution in [2.24, 2.45) is 0 Å². The second-order valence-electron chi connectivity index (χ2n) is 3.61. The first-order valence-electron chi connectivity index (χ1n) is 5.25. The quantitative estimate of drug-likeness (QED) is 0.560. The summed E-state index contributed by atoms with van der Waals surface area (Å²) >= 11 is 0. The minimum atomic E-state index is 0.282. The molecule has 0 bridgehead atoms. The third-order valence-corrected chi connectivity index (χ3v) is 2.28. The van der Waals surface area contributed by atoms with E-state index in [1.54, 1.807) is 24.3 Å². The second kappa shape index (κ2) is 6.89. The molecule has 0 saturated carbocycles. The standard InChI is InChI=1S/C13H12O2.CHNO/c14-12-5-1-10(2-6-12)9-11-3-7-13(15)8-4-11;2-1-3/h1-8,14-15H,9H2;2H. The number of aromatic hydroxyl groups is 2. The van der Waals surface area contributed by atoms with Gasteiger partial charge in [0.2, 0.25) is 6.08 Å². The van der Waals surface area contributed by atoms with Crippen molar-refractivity contribution in [2.75, 3.05) is 0 Å². The van der Waals surface area contributed by atoms with Crippen LogP contribution in [0.2, 0.25) is 0 Å². The Balaban J connectivity index is 0.000000492. The monoisotopic (exact) mass is 243 g/mol. The molecule has 0 amide bonds. The lowest BCUT2D eigenvalue weighted by molar-refractivity contribution is 0.475. The molecule has 0 fully saturated rings. The molecule has 0 aliphatic carbocycles.